The van der Waals surface area contributed by atoms with E-state index in [1.165, 1.54) is 12.1 Å². The molecule has 0 unspecified atom stereocenters. The van der Waals surface area contributed by atoms with E-state index in [4.69, 9.17) is 16.2 Å². The first kappa shape index (κ1) is 51.7. The van der Waals surface area contributed by atoms with Gasteiger partial charge in [0.15, 0.2) is 0 Å². The lowest BCUT2D eigenvalue weighted by Crippen LogP contribution is -2.59. The van der Waals surface area contributed by atoms with Crippen molar-refractivity contribution in [3.63, 3.8) is 0 Å². The van der Waals surface area contributed by atoms with Gasteiger partial charge in [-0.05, 0) is 121 Å². The highest BCUT2D eigenvalue weighted by Gasteiger charge is 2.37. The number of amides is 5. The fourth-order valence-corrected chi connectivity index (χ4v) is 7.14. The Labute approximate surface area is 356 Å². The maximum Gasteiger partial charge on any atom is 0.408 e. The number of unbranched alkanes of at least 4 members (excludes halogenated alkanes) is 2. The van der Waals surface area contributed by atoms with E-state index in [0.29, 0.717) is 83.1 Å². The predicted molar refractivity (Wildman–Crippen MR) is 230 cm³/mol. The van der Waals surface area contributed by atoms with Crippen LogP contribution in [0.15, 0.2) is 24.3 Å². The fourth-order valence-electron chi connectivity index (χ4n) is 7.14. The van der Waals surface area contributed by atoms with Gasteiger partial charge >= 0.3 is 12.1 Å². The number of alkyl carbamates (subject to hydrolysis) is 1. The number of nitrogens with two attached hydrogens (primary N) is 2. The molecule has 1 aliphatic rings. The summed E-state index contributed by atoms with van der Waals surface area (Å²) in [6, 6.07) is 0.964. The van der Waals surface area contributed by atoms with Gasteiger partial charge < -0.3 is 53.0 Å². The molecule has 0 bridgehead atoms. The third-order valence-electron chi connectivity index (χ3n) is 10.6. The quantitative estimate of drug-likeness (QED) is 0.0610. The number of nitrogens with one attached hydrogen (secondary N) is 5. The lowest BCUT2D eigenvalue weighted by atomic mass is 9.96. The van der Waals surface area contributed by atoms with E-state index in [0.717, 1.165) is 6.42 Å². The Bertz CT molecular complexity index is 1520. The number of hydrogen-bond donors (Lipinski definition) is 9. The van der Waals surface area contributed by atoms with Gasteiger partial charge in [0.25, 0.3) is 0 Å². The fraction of sp³-hybridized carbons (Fsp3) is 0.721. The monoisotopic (exact) mass is 847 g/mol. The van der Waals surface area contributed by atoms with Crippen molar-refractivity contribution in [1.82, 2.24) is 31.5 Å². The maximum absolute atomic E-state index is 14.2. The molecule has 1 heterocycles. The second-order valence-corrected chi connectivity index (χ2v) is 17.5. The molecule has 2 rings (SSSR count). The Morgan fingerprint density at radius 1 is 0.817 bits per heavy atom. The molecule has 7 atom stereocenters. The van der Waals surface area contributed by atoms with Gasteiger partial charge in [0.2, 0.25) is 23.6 Å². The first-order valence-corrected chi connectivity index (χ1v) is 21.6. The van der Waals surface area contributed by atoms with E-state index in [1.54, 1.807) is 39.8 Å². The third-order valence-corrected chi connectivity index (χ3v) is 10.6. The molecule has 1 aromatic carbocycles. The second-order valence-electron chi connectivity index (χ2n) is 17.5. The highest BCUT2D eigenvalue weighted by molar-refractivity contribution is 5.94. The van der Waals surface area contributed by atoms with Crippen LogP contribution < -0.4 is 38.1 Å². The number of carboxylic acid groups (broad SMARTS) is 1. The van der Waals surface area contributed by atoms with Gasteiger partial charge in [0.05, 0.1) is 6.04 Å². The molecule has 0 radical (unpaired) electrons. The zero-order valence-corrected chi connectivity index (χ0v) is 36.9. The molecule has 0 saturated carbocycles. The number of ether oxygens (including phenoxy) is 1. The van der Waals surface area contributed by atoms with Crippen LogP contribution in [0, 0.1) is 11.8 Å². The van der Waals surface area contributed by atoms with Crippen LogP contribution in [0.5, 0.6) is 5.75 Å². The second kappa shape index (κ2) is 26.0. The number of aromatic hydroxyl groups is 1. The minimum atomic E-state index is -1.18. The average Bonchev–Trinajstić information content (AvgIpc) is 3.63. The first-order chi connectivity index (χ1) is 28.3. The molecular weight excluding hydrogens is 773 g/mol. The van der Waals surface area contributed by atoms with Crippen molar-refractivity contribution in [3.05, 3.63) is 29.8 Å². The Kier molecular flexibility index (Phi) is 22.4. The molecule has 340 valence electrons. The summed E-state index contributed by atoms with van der Waals surface area (Å²) in [6.45, 7) is 14.4. The molecule has 0 aromatic heterocycles. The van der Waals surface area contributed by atoms with E-state index in [9.17, 15) is 39.0 Å². The van der Waals surface area contributed by atoms with E-state index < -0.39 is 71.6 Å². The van der Waals surface area contributed by atoms with Crippen molar-refractivity contribution < 1.29 is 43.7 Å². The van der Waals surface area contributed by atoms with Crippen LogP contribution in [0.1, 0.15) is 118 Å². The number of benzene rings is 1. The number of aliphatic carboxylic acids is 1. The van der Waals surface area contributed by atoms with Crippen molar-refractivity contribution in [2.24, 2.45) is 23.3 Å². The Morgan fingerprint density at radius 2 is 1.43 bits per heavy atom. The van der Waals surface area contributed by atoms with Crippen LogP contribution in [0.3, 0.4) is 0 Å². The Morgan fingerprint density at radius 3 is 2.00 bits per heavy atom. The van der Waals surface area contributed by atoms with Crippen LogP contribution in [0.4, 0.5) is 4.79 Å². The number of phenolic OH excluding ortho intramolecular Hbond substituents is 1. The molecule has 17 nitrogen and oxygen atoms in total. The van der Waals surface area contributed by atoms with E-state index >= 15 is 0 Å². The smallest absolute Gasteiger partial charge is 0.408 e. The van der Waals surface area contributed by atoms with Gasteiger partial charge in [-0.2, -0.15) is 0 Å². The number of rotatable bonds is 26. The number of hydrogen-bond acceptors (Lipinski definition) is 11. The van der Waals surface area contributed by atoms with Crippen molar-refractivity contribution in [2.45, 2.75) is 161 Å². The number of nitrogens with zero attached hydrogens (tertiary/aromatic N) is 1. The summed E-state index contributed by atoms with van der Waals surface area (Å²) in [6.07, 6.45) is 4.88. The average molecular weight is 847 g/mol. The number of carboxylic acids is 1. The zero-order chi connectivity index (χ0) is 45.0. The predicted octanol–water partition coefficient (Wildman–Crippen LogP) is 2.67. The highest BCUT2D eigenvalue weighted by Crippen LogP contribution is 2.21. The van der Waals surface area contributed by atoms with Crippen LogP contribution in [0.25, 0.3) is 0 Å². The number of carbonyl (C=O) groups excluding carboxylic acids is 5. The third kappa shape index (κ3) is 18.8. The van der Waals surface area contributed by atoms with Crippen molar-refractivity contribution >= 4 is 35.7 Å². The Balaban J connectivity index is 2.34. The molecule has 1 aliphatic heterocycles. The zero-order valence-electron chi connectivity index (χ0n) is 36.9. The summed E-state index contributed by atoms with van der Waals surface area (Å²) in [7, 11) is 0. The van der Waals surface area contributed by atoms with Crippen molar-refractivity contribution in [3.8, 4) is 5.75 Å². The van der Waals surface area contributed by atoms with Crippen LogP contribution in [0.2, 0.25) is 0 Å². The van der Waals surface area contributed by atoms with Gasteiger partial charge in [-0.25, -0.2) is 9.59 Å². The summed E-state index contributed by atoms with van der Waals surface area (Å²) in [5.74, 6) is -3.56. The summed E-state index contributed by atoms with van der Waals surface area (Å²) < 4.78 is 5.43. The van der Waals surface area contributed by atoms with Gasteiger partial charge in [-0.15, -0.1) is 0 Å². The normalized spacial score (nSPS) is 17.4. The molecule has 5 amide bonds. The van der Waals surface area contributed by atoms with Gasteiger partial charge in [0, 0.05) is 19.0 Å². The van der Waals surface area contributed by atoms with E-state index in [1.807, 2.05) is 25.7 Å². The highest BCUT2D eigenvalue weighted by atomic mass is 16.6. The molecule has 11 N–H and O–H groups in total. The first-order valence-electron chi connectivity index (χ1n) is 21.6. The van der Waals surface area contributed by atoms with Gasteiger partial charge in [0.1, 0.15) is 35.5 Å². The van der Waals surface area contributed by atoms with Gasteiger partial charge in [-0.1, -0.05) is 52.7 Å². The summed E-state index contributed by atoms with van der Waals surface area (Å²) in [5, 5.41) is 33.9. The standard InChI is InChI=1S/C43H74N8O9/c1-8-28(4)36(40(56)48-34(41(57)58)24-27(2)3)50-38(54)33(25-29-17-19-31(52)20-18-29)47-39(55)35-16-13-23-51(35)26-30(14-9-11-21-44)46-37(53)32(15-10-12-22-45)49-42(59)60-43(5,6)7/h17-20,27-28,30,32-36,52H,8-16,21-26,44-45H2,1-7H3,(H,46,53)(H,47,55)(H,48,56)(H,49,59)(H,50,54)(H,57,58)/t28-,30-,32-,33-,34-,35-,36-/m0/s1. The molecule has 1 saturated heterocycles. The summed E-state index contributed by atoms with van der Waals surface area (Å²) in [5.41, 5.74) is 11.4. The molecule has 0 spiro atoms. The van der Waals surface area contributed by atoms with E-state index in [-0.39, 0.29) is 36.3 Å². The van der Waals surface area contributed by atoms with Crippen LogP contribution in [-0.2, 0) is 35.1 Å². The lowest BCUT2D eigenvalue weighted by Gasteiger charge is -2.32. The van der Waals surface area contributed by atoms with Crippen molar-refractivity contribution in [2.75, 3.05) is 26.2 Å². The molecule has 0 aliphatic carbocycles. The minimum Gasteiger partial charge on any atom is -0.508 e. The summed E-state index contributed by atoms with van der Waals surface area (Å²) >= 11 is 0. The summed E-state index contributed by atoms with van der Waals surface area (Å²) in [4.78, 5) is 82.4. The molecular formula is C43H74N8O9. The van der Waals surface area contributed by atoms with Crippen molar-refractivity contribution in [1.29, 1.82) is 0 Å². The Hall–Kier alpha value is -4.48. The van der Waals surface area contributed by atoms with Crippen LogP contribution >= 0.6 is 0 Å². The van der Waals surface area contributed by atoms with Crippen LogP contribution in [-0.4, -0.2) is 119 Å². The number of phenols is 1. The maximum atomic E-state index is 14.2. The SMILES string of the molecule is CC[C@H](C)[C@H](NC(=O)[C@H](Cc1ccc(O)cc1)NC(=O)[C@@H]1CCCN1C[C@H](CCCCN)NC(=O)[C@H](CCCCN)NC(=O)OC(C)(C)C)C(=O)N[C@@H](CC(C)C)C(=O)O. The number of likely N-dealkylation sites (tertiary alicyclic amines) is 1. The molecule has 60 heavy (non-hydrogen) atoms. The molecule has 17 heteroatoms. The largest absolute Gasteiger partial charge is 0.508 e. The van der Waals surface area contributed by atoms with Gasteiger partial charge in [-0.3, -0.25) is 24.1 Å². The molecule has 1 aromatic rings. The lowest BCUT2D eigenvalue weighted by molar-refractivity contribution is -0.143. The topological polar surface area (TPSA) is 268 Å². The number of carbonyl (C=O) groups is 6. The molecule has 1 fully saturated rings. The minimum absolute atomic E-state index is 0.00913. The van der Waals surface area contributed by atoms with E-state index in [2.05, 4.69) is 26.6 Å².